The van der Waals surface area contributed by atoms with Crippen LogP contribution >= 0.6 is 12.4 Å². The Bertz CT molecular complexity index is 469. The molecule has 1 unspecified atom stereocenters. The third kappa shape index (κ3) is 9.27. The smallest absolute Gasteiger partial charge is 0.406 e. The van der Waals surface area contributed by atoms with Crippen LogP contribution in [0.4, 0.5) is 13.2 Å². The summed E-state index contributed by atoms with van der Waals surface area (Å²) < 4.78 is 44.8. The summed E-state index contributed by atoms with van der Waals surface area (Å²) in [5, 5.41) is 5.63. The summed E-state index contributed by atoms with van der Waals surface area (Å²) >= 11 is 0. The van der Waals surface area contributed by atoms with Crippen molar-refractivity contribution in [2.45, 2.75) is 19.3 Å². The average molecular weight is 357 g/mol. The fraction of sp³-hybridized carbons (Fsp3) is 0.500. The Morgan fingerprint density at radius 3 is 2.39 bits per heavy atom. The molecular formula is C14H20ClF3N2O3. The van der Waals surface area contributed by atoms with Gasteiger partial charge in [-0.15, -0.1) is 25.6 Å². The van der Waals surface area contributed by atoms with Gasteiger partial charge in [-0.05, 0) is 24.6 Å². The number of rotatable bonds is 8. The Morgan fingerprint density at radius 2 is 1.87 bits per heavy atom. The normalized spacial score (nSPS) is 12.2. The van der Waals surface area contributed by atoms with Gasteiger partial charge in [0, 0.05) is 13.7 Å². The van der Waals surface area contributed by atoms with Gasteiger partial charge in [-0.3, -0.25) is 4.79 Å². The maximum absolute atomic E-state index is 12.1. The lowest BCUT2D eigenvalue weighted by Gasteiger charge is -2.15. The number of ether oxygens (including phenoxy) is 2. The van der Waals surface area contributed by atoms with Gasteiger partial charge in [-0.2, -0.15) is 0 Å². The zero-order chi connectivity index (χ0) is 16.6. The Morgan fingerprint density at radius 1 is 1.26 bits per heavy atom. The lowest BCUT2D eigenvalue weighted by atomic mass is 10.1. The summed E-state index contributed by atoms with van der Waals surface area (Å²) in [7, 11) is 1.57. The number of carbonyl (C=O) groups is 1. The second kappa shape index (κ2) is 10.3. The van der Waals surface area contributed by atoms with E-state index in [9.17, 15) is 18.0 Å². The van der Waals surface area contributed by atoms with Crippen molar-refractivity contribution in [1.82, 2.24) is 10.6 Å². The minimum atomic E-state index is -4.71. The molecule has 23 heavy (non-hydrogen) atoms. The van der Waals surface area contributed by atoms with Crippen LogP contribution in [0.5, 0.6) is 5.75 Å². The predicted molar refractivity (Wildman–Crippen MR) is 81.7 cm³/mol. The Hall–Kier alpha value is -1.51. The fourth-order valence-electron chi connectivity index (χ4n) is 1.71. The summed E-state index contributed by atoms with van der Waals surface area (Å²) in [4.78, 5) is 11.7. The first-order valence-electron chi connectivity index (χ1n) is 6.66. The molecule has 0 spiro atoms. The molecule has 1 amide bonds. The van der Waals surface area contributed by atoms with Gasteiger partial charge in [-0.25, -0.2) is 0 Å². The zero-order valence-corrected chi connectivity index (χ0v) is 13.6. The first kappa shape index (κ1) is 21.5. The summed E-state index contributed by atoms with van der Waals surface area (Å²) in [5.74, 6) is -0.504. The van der Waals surface area contributed by atoms with E-state index < -0.39 is 6.36 Å². The number of amides is 1. The maximum Gasteiger partial charge on any atom is 0.573 e. The number of halogens is 4. The molecule has 0 aliphatic carbocycles. The van der Waals surface area contributed by atoms with Crippen molar-refractivity contribution < 1.29 is 27.4 Å². The number of hydrogen-bond acceptors (Lipinski definition) is 4. The van der Waals surface area contributed by atoms with Crippen molar-refractivity contribution in [2.24, 2.45) is 0 Å². The third-order valence-corrected chi connectivity index (χ3v) is 2.76. The van der Waals surface area contributed by atoms with Crippen molar-refractivity contribution in [1.29, 1.82) is 0 Å². The van der Waals surface area contributed by atoms with E-state index in [0.717, 1.165) is 0 Å². The number of carbonyl (C=O) groups excluding carboxylic acids is 1. The van der Waals surface area contributed by atoms with Crippen LogP contribution in [0.25, 0.3) is 0 Å². The molecule has 0 aliphatic rings. The molecule has 0 aliphatic heterocycles. The SMILES string of the molecule is COCCNCC(=O)NC(C)c1ccc(OC(F)(F)F)cc1.Cl. The molecule has 5 nitrogen and oxygen atoms in total. The van der Waals surface area contributed by atoms with Gasteiger partial charge in [-0.1, -0.05) is 12.1 Å². The van der Waals surface area contributed by atoms with E-state index in [1.54, 1.807) is 14.0 Å². The molecule has 0 radical (unpaired) electrons. The van der Waals surface area contributed by atoms with Crippen LogP contribution in [-0.4, -0.2) is 39.1 Å². The van der Waals surface area contributed by atoms with E-state index in [1.165, 1.54) is 24.3 Å². The molecule has 0 bridgehead atoms. The lowest BCUT2D eigenvalue weighted by molar-refractivity contribution is -0.274. The topological polar surface area (TPSA) is 59.6 Å². The van der Waals surface area contributed by atoms with Crippen LogP contribution in [0.3, 0.4) is 0 Å². The summed E-state index contributed by atoms with van der Waals surface area (Å²) in [6.45, 7) is 2.95. The quantitative estimate of drug-likeness (QED) is 0.702. The molecule has 1 aromatic carbocycles. The van der Waals surface area contributed by atoms with Gasteiger partial charge in [0.25, 0.3) is 0 Å². The Kier molecular flexibility index (Phi) is 9.62. The molecule has 0 aromatic heterocycles. The van der Waals surface area contributed by atoms with E-state index in [2.05, 4.69) is 15.4 Å². The molecule has 2 N–H and O–H groups in total. The highest BCUT2D eigenvalue weighted by molar-refractivity contribution is 5.85. The molecule has 9 heteroatoms. The molecule has 0 fully saturated rings. The Balaban J connectivity index is 0.00000484. The number of alkyl halides is 3. The van der Waals surface area contributed by atoms with Gasteiger partial charge in [0.1, 0.15) is 5.75 Å². The molecule has 0 heterocycles. The van der Waals surface area contributed by atoms with E-state index in [4.69, 9.17) is 4.74 Å². The van der Waals surface area contributed by atoms with Crippen LogP contribution < -0.4 is 15.4 Å². The van der Waals surface area contributed by atoms with E-state index in [-0.39, 0.29) is 36.7 Å². The highest BCUT2D eigenvalue weighted by Gasteiger charge is 2.31. The standard InChI is InChI=1S/C14H19F3N2O3.ClH/c1-10(19-13(20)9-18-7-8-21-2)11-3-5-12(6-4-11)22-14(15,16)17;/h3-6,10,18H,7-9H2,1-2H3,(H,19,20);1H. The van der Waals surface area contributed by atoms with E-state index >= 15 is 0 Å². The minimum Gasteiger partial charge on any atom is -0.406 e. The van der Waals surface area contributed by atoms with Crippen LogP contribution in [0.2, 0.25) is 0 Å². The fourth-order valence-corrected chi connectivity index (χ4v) is 1.71. The summed E-state index contributed by atoms with van der Waals surface area (Å²) in [6.07, 6.45) is -4.71. The molecular weight excluding hydrogens is 337 g/mol. The van der Waals surface area contributed by atoms with Crippen LogP contribution in [0.1, 0.15) is 18.5 Å². The first-order valence-corrected chi connectivity index (χ1v) is 6.66. The van der Waals surface area contributed by atoms with E-state index in [1.807, 2.05) is 0 Å². The predicted octanol–water partition coefficient (Wildman–Crippen LogP) is 2.42. The Labute approximate surface area is 138 Å². The molecule has 1 aromatic rings. The van der Waals surface area contributed by atoms with Crippen LogP contribution in [0.15, 0.2) is 24.3 Å². The van der Waals surface area contributed by atoms with Crippen molar-refractivity contribution in [3.63, 3.8) is 0 Å². The summed E-state index contributed by atoms with van der Waals surface area (Å²) in [6, 6.07) is 5.05. The largest absolute Gasteiger partial charge is 0.573 e. The van der Waals surface area contributed by atoms with Gasteiger partial charge < -0.3 is 20.1 Å². The highest BCUT2D eigenvalue weighted by Crippen LogP contribution is 2.24. The first-order chi connectivity index (χ1) is 10.3. The van der Waals surface area contributed by atoms with Gasteiger partial charge in [0.05, 0.1) is 19.2 Å². The molecule has 0 saturated carbocycles. The van der Waals surface area contributed by atoms with Gasteiger partial charge in [0.15, 0.2) is 0 Å². The molecule has 132 valence electrons. The summed E-state index contributed by atoms with van der Waals surface area (Å²) in [5.41, 5.74) is 0.680. The van der Waals surface area contributed by atoms with Gasteiger partial charge >= 0.3 is 6.36 Å². The maximum atomic E-state index is 12.1. The number of nitrogens with one attached hydrogen (secondary N) is 2. The minimum absolute atomic E-state index is 0. The highest BCUT2D eigenvalue weighted by atomic mass is 35.5. The number of methoxy groups -OCH3 is 1. The second-order valence-electron chi connectivity index (χ2n) is 4.58. The van der Waals surface area contributed by atoms with Gasteiger partial charge in [0.2, 0.25) is 5.91 Å². The van der Waals surface area contributed by atoms with Crippen molar-refractivity contribution in [2.75, 3.05) is 26.8 Å². The lowest BCUT2D eigenvalue weighted by Crippen LogP contribution is -2.36. The van der Waals surface area contributed by atoms with E-state index in [0.29, 0.717) is 18.7 Å². The average Bonchev–Trinajstić information content (AvgIpc) is 2.42. The van der Waals surface area contributed by atoms with Crippen molar-refractivity contribution in [3.05, 3.63) is 29.8 Å². The molecule has 1 rings (SSSR count). The number of benzene rings is 1. The molecule has 1 atom stereocenters. The monoisotopic (exact) mass is 356 g/mol. The second-order valence-corrected chi connectivity index (χ2v) is 4.58. The number of hydrogen-bond donors (Lipinski definition) is 2. The van der Waals surface area contributed by atoms with Crippen molar-refractivity contribution >= 4 is 18.3 Å². The third-order valence-electron chi connectivity index (χ3n) is 2.76. The zero-order valence-electron chi connectivity index (χ0n) is 12.8. The van der Waals surface area contributed by atoms with Crippen LogP contribution in [-0.2, 0) is 9.53 Å². The molecule has 0 saturated heterocycles. The van der Waals surface area contributed by atoms with Crippen LogP contribution in [0, 0.1) is 0 Å². The van der Waals surface area contributed by atoms with Crippen molar-refractivity contribution in [3.8, 4) is 5.75 Å².